The number of halogens is 3. The molecule has 1 aliphatic carbocycles. The Morgan fingerprint density at radius 2 is 1.83 bits per heavy atom. The van der Waals surface area contributed by atoms with Crippen molar-refractivity contribution in [3.05, 3.63) is 90.5 Å². The highest BCUT2D eigenvalue weighted by Crippen LogP contribution is 2.42. The fourth-order valence-corrected chi connectivity index (χ4v) is 6.84. The van der Waals surface area contributed by atoms with Crippen molar-refractivity contribution in [3.8, 4) is 5.75 Å². The average molecular weight is 682 g/mol. The third-order valence-corrected chi connectivity index (χ3v) is 9.75. The molecule has 3 rings (SSSR count). The lowest BCUT2D eigenvalue weighted by atomic mass is 9.99. The number of benzene rings is 2. The Labute approximate surface area is 275 Å². The van der Waals surface area contributed by atoms with Gasteiger partial charge in [0.2, 0.25) is 15.9 Å². The zero-order valence-electron chi connectivity index (χ0n) is 27.1. The number of alkyl halides is 3. The van der Waals surface area contributed by atoms with Gasteiger partial charge in [0.1, 0.15) is 11.8 Å². The molecule has 0 bridgehead atoms. The molecule has 5 atom stereocenters. The molecule has 0 heterocycles. The summed E-state index contributed by atoms with van der Waals surface area (Å²) in [7, 11) is -3.37. The van der Waals surface area contributed by atoms with E-state index in [0.29, 0.717) is 23.1 Å². The first-order valence-electron chi connectivity index (χ1n) is 15.6. The van der Waals surface area contributed by atoms with Gasteiger partial charge < -0.3 is 25.2 Å². The largest absolute Gasteiger partial charge is 0.491 e. The van der Waals surface area contributed by atoms with E-state index >= 15 is 0 Å². The van der Waals surface area contributed by atoms with Crippen LogP contribution in [0.5, 0.6) is 5.75 Å². The second-order valence-electron chi connectivity index (χ2n) is 11.9. The van der Waals surface area contributed by atoms with Gasteiger partial charge in [-0.15, -0.1) is 13.2 Å². The Balaban J connectivity index is 1.81. The summed E-state index contributed by atoms with van der Waals surface area (Å²) in [5.41, 5.74) is 2.76. The Hall–Kier alpha value is -3.23. The number of carbonyl (C=O) groups excluding carboxylic acids is 1. The van der Waals surface area contributed by atoms with Gasteiger partial charge in [-0.2, -0.15) is 17.5 Å². The highest BCUT2D eigenvalue weighted by atomic mass is 32.2. The maximum Gasteiger partial charge on any atom is 0.390 e. The van der Waals surface area contributed by atoms with Crippen LogP contribution < -0.4 is 15.4 Å². The molecule has 0 fully saturated rings. The van der Waals surface area contributed by atoms with Crippen LogP contribution in [0.25, 0.3) is 0 Å². The first-order valence-corrected chi connectivity index (χ1v) is 17.2. The van der Waals surface area contributed by atoms with Gasteiger partial charge in [0.05, 0.1) is 43.1 Å². The number of likely N-dealkylation sites (N-methyl/N-ethyl adjacent to an activating group) is 1. The SMILES string of the molecule is C=CCO[C@@H]1C[C@H](NC[C@@H](O)[C@H](Cc2ccccc2)NC(=O)[C@H](CC=C)N(C)S(=O)(=O)CCC(F)(F)F)c2cc(OC(C)C)ccc21. The van der Waals surface area contributed by atoms with Crippen LogP contribution in [0.15, 0.2) is 73.8 Å². The number of hydrogen-bond acceptors (Lipinski definition) is 7. The molecule has 2 aromatic rings. The summed E-state index contributed by atoms with van der Waals surface area (Å²) in [6.07, 6.45) is -3.95. The van der Waals surface area contributed by atoms with Crippen LogP contribution in [0.3, 0.4) is 0 Å². The van der Waals surface area contributed by atoms with E-state index in [1.54, 1.807) is 6.08 Å². The molecule has 9 nitrogen and oxygen atoms in total. The van der Waals surface area contributed by atoms with Gasteiger partial charge in [0, 0.05) is 19.6 Å². The number of amides is 1. The average Bonchev–Trinajstić information content (AvgIpc) is 3.36. The lowest BCUT2D eigenvalue weighted by molar-refractivity contribution is -0.130. The summed E-state index contributed by atoms with van der Waals surface area (Å²) < 4.78 is 76.5. The molecule has 260 valence electrons. The van der Waals surface area contributed by atoms with E-state index < -0.39 is 52.5 Å². The third kappa shape index (κ3) is 11.5. The molecule has 0 saturated carbocycles. The molecule has 0 aliphatic heterocycles. The van der Waals surface area contributed by atoms with Crippen molar-refractivity contribution in [3.63, 3.8) is 0 Å². The highest BCUT2D eigenvalue weighted by Gasteiger charge is 2.37. The minimum absolute atomic E-state index is 0.0264. The van der Waals surface area contributed by atoms with Crippen molar-refractivity contribution in [2.75, 3.05) is 26.0 Å². The molecule has 13 heteroatoms. The number of nitrogens with one attached hydrogen (secondary N) is 2. The second-order valence-corrected chi connectivity index (χ2v) is 14.0. The van der Waals surface area contributed by atoms with E-state index in [2.05, 4.69) is 23.8 Å². The van der Waals surface area contributed by atoms with Gasteiger partial charge >= 0.3 is 6.18 Å². The van der Waals surface area contributed by atoms with E-state index in [1.165, 1.54) is 6.08 Å². The van der Waals surface area contributed by atoms with Crippen molar-refractivity contribution >= 4 is 15.9 Å². The fraction of sp³-hybridized carbons (Fsp3) is 0.500. The number of aliphatic hydroxyl groups is 1. The van der Waals surface area contributed by atoms with Crippen LogP contribution in [-0.2, 0) is 26.0 Å². The molecule has 1 aliphatic rings. The summed E-state index contributed by atoms with van der Waals surface area (Å²) in [5, 5.41) is 17.7. The van der Waals surface area contributed by atoms with Crippen LogP contribution in [0.4, 0.5) is 13.2 Å². The predicted octanol–water partition coefficient (Wildman–Crippen LogP) is 5.00. The Morgan fingerprint density at radius 1 is 1.13 bits per heavy atom. The van der Waals surface area contributed by atoms with E-state index in [4.69, 9.17) is 9.47 Å². The van der Waals surface area contributed by atoms with Crippen LogP contribution in [0.1, 0.15) is 61.9 Å². The van der Waals surface area contributed by atoms with Crippen molar-refractivity contribution in [2.45, 2.75) is 82.1 Å². The topological polar surface area (TPSA) is 117 Å². The van der Waals surface area contributed by atoms with Gasteiger partial charge in [0.25, 0.3) is 0 Å². The first-order chi connectivity index (χ1) is 22.1. The molecule has 0 aromatic heterocycles. The van der Waals surface area contributed by atoms with Gasteiger partial charge in [-0.1, -0.05) is 48.6 Å². The number of hydrogen-bond donors (Lipinski definition) is 3. The lowest BCUT2D eigenvalue weighted by Crippen LogP contribution is -2.55. The summed E-state index contributed by atoms with van der Waals surface area (Å²) in [5.74, 6) is -1.26. The maximum absolute atomic E-state index is 13.6. The summed E-state index contributed by atoms with van der Waals surface area (Å²) in [4.78, 5) is 13.6. The van der Waals surface area contributed by atoms with E-state index in [0.717, 1.165) is 23.7 Å². The summed E-state index contributed by atoms with van der Waals surface area (Å²) in [6, 6.07) is 12.5. The number of rotatable bonds is 19. The maximum atomic E-state index is 13.6. The monoisotopic (exact) mass is 681 g/mol. The minimum atomic E-state index is -4.68. The Morgan fingerprint density at radius 3 is 2.45 bits per heavy atom. The van der Waals surface area contributed by atoms with Gasteiger partial charge in [0.15, 0.2) is 0 Å². The van der Waals surface area contributed by atoms with Crippen LogP contribution in [0, 0.1) is 0 Å². The van der Waals surface area contributed by atoms with E-state index in [-0.39, 0.29) is 37.6 Å². The minimum Gasteiger partial charge on any atom is -0.491 e. The zero-order chi connectivity index (χ0) is 34.8. The van der Waals surface area contributed by atoms with Crippen LogP contribution >= 0.6 is 0 Å². The van der Waals surface area contributed by atoms with Gasteiger partial charge in [-0.05, 0) is 61.9 Å². The van der Waals surface area contributed by atoms with Crippen LogP contribution in [0.2, 0.25) is 0 Å². The Bertz CT molecular complexity index is 1440. The summed E-state index contributed by atoms with van der Waals surface area (Å²) in [6.45, 7) is 11.6. The Kier molecular flexibility index (Phi) is 14.0. The predicted molar refractivity (Wildman–Crippen MR) is 175 cm³/mol. The van der Waals surface area contributed by atoms with Gasteiger partial charge in [-0.25, -0.2) is 8.42 Å². The molecular weight excluding hydrogens is 635 g/mol. The standard InChI is InChI=1S/C34H46F3N3O6S/c1-6-11-30(40(5)47(43,44)18-16-34(35,36)37)33(42)39-29(19-24-12-9-8-10-13-24)31(41)22-38-28-21-32(45-17-7-2)26-15-14-25(20-27(26)28)46-23(3)4/h6-10,12-15,20,23,28-32,38,41H,1-2,11,16-19,21-22H2,3-5H3,(H,39,42)/t28-,29-,30-,31+,32+/m0/s1. The molecule has 0 saturated heterocycles. The van der Waals surface area contributed by atoms with Gasteiger partial charge in [-0.3, -0.25) is 4.79 Å². The quantitative estimate of drug-likeness (QED) is 0.179. The molecule has 2 aromatic carbocycles. The lowest BCUT2D eigenvalue weighted by Gasteiger charge is -2.31. The molecule has 0 unspecified atom stereocenters. The second kappa shape index (κ2) is 17.3. The number of nitrogens with zero attached hydrogens (tertiary/aromatic N) is 1. The molecule has 0 radical (unpaired) electrons. The third-order valence-electron chi connectivity index (χ3n) is 7.90. The molecule has 0 spiro atoms. The van der Waals surface area contributed by atoms with Crippen molar-refractivity contribution in [1.29, 1.82) is 0 Å². The first kappa shape index (κ1) is 38.2. The number of carbonyl (C=O) groups is 1. The number of ether oxygens (including phenoxy) is 2. The van der Waals surface area contributed by atoms with Crippen molar-refractivity contribution in [2.24, 2.45) is 0 Å². The number of sulfonamides is 1. The van der Waals surface area contributed by atoms with Crippen molar-refractivity contribution < 1.29 is 41.0 Å². The molecule has 1 amide bonds. The highest BCUT2D eigenvalue weighted by molar-refractivity contribution is 7.89. The molecule has 3 N–H and O–H groups in total. The van der Waals surface area contributed by atoms with Crippen LogP contribution in [-0.4, -0.2) is 80.2 Å². The van der Waals surface area contributed by atoms with E-state index in [9.17, 15) is 31.5 Å². The number of fused-ring (bicyclic) bond motifs is 1. The van der Waals surface area contributed by atoms with E-state index in [1.807, 2.05) is 62.4 Å². The number of aliphatic hydroxyl groups excluding tert-OH is 1. The zero-order valence-corrected chi connectivity index (χ0v) is 27.9. The normalized spacial score (nSPS) is 18.4. The molecule has 47 heavy (non-hydrogen) atoms. The summed E-state index contributed by atoms with van der Waals surface area (Å²) >= 11 is 0. The smallest absolute Gasteiger partial charge is 0.390 e. The molecular formula is C34H46F3N3O6S. The fourth-order valence-electron chi connectivity index (χ4n) is 5.49. The van der Waals surface area contributed by atoms with Crippen molar-refractivity contribution in [1.82, 2.24) is 14.9 Å².